The zero-order chi connectivity index (χ0) is 20.0. The maximum atomic E-state index is 12.2. The van der Waals surface area contributed by atoms with E-state index in [0.29, 0.717) is 24.1 Å². The molecule has 0 bridgehead atoms. The largest absolute Gasteiger partial charge is 0.573 e. The fraction of sp³-hybridized carbons (Fsp3) is 0.167. The Morgan fingerprint density at radius 1 is 0.857 bits per heavy atom. The van der Waals surface area contributed by atoms with E-state index >= 15 is 0 Å². The van der Waals surface area contributed by atoms with Gasteiger partial charge in [0.1, 0.15) is 5.75 Å². The molecule has 146 valence electrons. The van der Waals surface area contributed by atoms with Gasteiger partial charge in [-0.25, -0.2) is 0 Å². The van der Waals surface area contributed by atoms with Crippen LogP contribution in [0.25, 0.3) is 0 Å². The number of nitrogens with one attached hydrogen (secondary N) is 3. The van der Waals surface area contributed by atoms with Crippen molar-refractivity contribution in [3.8, 4) is 5.75 Å². The zero-order valence-corrected chi connectivity index (χ0v) is 14.8. The summed E-state index contributed by atoms with van der Waals surface area (Å²) in [5, 5.41) is 8.88. The number of hydrogen-bond donors (Lipinski definition) is 3. The summed E-state index contributed by atoms with van der Waals surface area (Å²) >= 11 is 0. The monoisotopic (exact) mass is 390 g/mol. The average Bonchev–Trinajstić information content (AvgIpc) is 2.67. The van der Waals surface area contributed by atoms with Crippen LogP contribution in [0.5, 0.6) is 5.75 Å². The molecule has 3 N–H and O–H groups in total. The normalized spacial score (nSPS) is 11.0. The van der Waals surface area contributed by atoms with Gasteiger partial charge in [0.2, 0.25) is 17.8 Å². The second-order valence-electron chi connectivity index (χ2n) is 5.59. The van der Waals surface area contributed by atoms with E-state index in [9.17, 15) is 13.2 Å². The van der Waals surface area contributed by atoms with E-state index in [-0.39, 0.29) is 11.7 Å². The van der Waals surface area contributed by atoms with Crippen LogP contribution in [0, 0.1) is 0 Å². The van der Waals surface area contributed by atoms with Crippen LogP contribution >= 0.6 is 0 Å². The number of ether oxygens (including phenoxy) is 1. The summed E-state index contributed by atoms with van der Waals surface area (Å²) in [5.74, 6) is 0.613. The minimum atomic E-state index is -4.73. The molecule has 3 rings (SSSR count). The van der Waals surface area contributed by atoms with Crippen molar-refractivity contribution in [2.75, 3.05) is 23.0 Å². The Bertz CT molecular complexity index is 903. The number of benzene rings is 2. The van der Waals surface area contributed by atoms with E-state index in [1.165, 1.54) is 24.3 Å². The van der Waals surface area contributed by atoms with Gasteiger partial charge in [-0.1, -0.05) is 30.3 Å². The lowest BCUT2D eigenvalue weighted by atomic mass is 10.2. The van der Waals surface area contributed by atoms with Crippen molar-refractivity contribution in [1.29, 1.82) is 0 Å². The smallest absolute Gasteiger partial charge is 0.406 e. The van der Waals surface area contributed by atoms with Crippen molar-refractivity contribution in [3.63, 3.8) is 0 Å². The van der Waals surface area contributed by atoms with Crippen molar-refractivity contribution in [2.45, 2.75) is 12.9 Å². The average molecular weight is 390 g/mol. The number of aromatic nitrogens is 3. The molecule has 0 saturated carbocycles. The van der Waals surface area contributed by atoms with Crippen LogP contribution < -0.4 is 20.7 Å². The molecule has 0 aliphatic heterocycles. The molecule has 2 aromatic carbocycles. The summed E-state index contributed by atoms with van der Waals surface area (Å²) in [6, 6.07) is 15.0. The van der Waals surface area contributed by atoms with Gasteiger partial charge < -0.3 is 20.7 Å². The summed E-state index contributed by atoms with van der Waals surface area (Å²) in [7, 11) is 1.67. The van der Waals surface area contributed by atoms with Crippen LogP contribution in [0.3, 0.4) is 0 Å². The Morgan fingerprint density at radius 2 is 1.50 bits per heavy atom. The van der Waals surface area contributed by atoms with E-state index in [1.807, 2.05) is 30.3 Å². The van der Waals surface area contributed by atoms with E-state index in [0.717, 1.165) is 5.56 Å². The highest BCUT2D eigenvalue weighted by Gasteiger charge is 2.30. The molecule has 0 fully saturated rings. The fourth-order valence-electron chi connectivity index (χ4n) is 2.27. The van der Waals surface area contributed by atoms with Gasteiger partial charge in [0.25, 0.3) is 0 Å². The lowest BCUT2D eigenvalue weighted by molar-refractivity contribution is -0.274. The first-order valence-electron chi connectivity index (χ1n) is 8.26. The van der Waals surface area contributed by atoms with Crippen LogP contribution in [-0.2, 0) is 6.54 Å². The van der Waals surface area contributed by atoms with Gasteiger partial charge in [-0.15, -0.1) is 13.2 Å². The summed E-state index contributed by atoms with van der Waals surface area (Å²) in [4.78, 5) is 12.7. The topological polar surface area (TPSA) is 84.0 Å². The molecule has 0 amide bonds. The molecule has 10 heteroatoms. The molecule has 0 aliphatic rings. The van der Waals surface area contributed by atoms with Gasteiger partial charge in [-0.05, 0) is 29.8 Å². The molecule has 0 unspecified atom stereocenters. The van der Waals surface area contributed by atoms with Gasteiger partial charge in [-0.3, -0.25) is 0 Å². The van der Waals surface area contributed by atoms with Crippen LogP contribution in [0.1, 0.15) is 5.56 Å². The SMILES string of the molecule is CNc1nc(NCc2ccccc2)nc(Nc2ccc(OC(F)(F)F)cc2)n1. The first-order valence-corrected chi connectivity index (χ1v) is 8.26. The van der Waals surface area contributed by atoms with E-state index in [4.69, 9.17) is 0 Å². The lowest BCUT2D eigenvalue weighted by Crippen LogP contribution is -2.17. The van der Waals surface area contributed by atoms with Gasteiger partial charge in [-0.2, -0.15) is 15.0 Å². The maximum Gasteiger partial charge on any atom is 0.573 e. The van der Waals surface area contributed by atoms with Gasteiger partial charge in [0.05, 0.1) is 0 Å². The highest BCUT2D eigenvalue weighted by atomic mass is 19.4. The Morgan fingerprint density at radius 3 is 2.14 bits per heavy atom. The van der Waals surface area contributed by atoms with Crippen molar-refractivity contribution in [2.24, 2.45) is 0 Å². The second kappa shape index (κ2) is 8.42. The van der Waals surface area contributed by atoms with Crippen LogP contribution in [0.4, 0.5) is 36.7 Å². The van der Waals surface area contributed by atoms with Crippen LogP contribution in [0.2, 0.25) is 0 Å². The quantitative estimate of drug-likeness (QED) is 0.558. The van der Waals surface area contributed by atoms with Crippen LogP contribution in [0.15, 0.2) is 54.6 Å². The molecular weight excluding hydrogens is 373 g/mol. The van der Waals surface area contributed by atoms with Crippen molar-refractivity contribution >= 4 is 23.5 Å². The Balaban J connectivity index is 1.70. The van der Waals surface area contributed by atoms with Crippen LogP contribution in [-0.4, -0.2) is 28.4 Å². The predicted octanol–water partition coefficient (Wildman–Crippen LogP) is 4.17. The van der Waals surface area contributed by atoms with E-state index in [1.54, 1.807) is 7.05 Å². The molecule has 0 atom stereocenters. The fourth-order valence-corrected chi connectivity index (χ4v) is 2.27. The van der Waals surface area contributed by atoms with Gasteiger partial charge in [0, 0.05) is 19.3 Å². The Labute approximate surface area is 159 Å². The molecule has 1 heterocycles. The van der Waals surface area contributed by atoms with Gasteiger partial charge in [0.15, 0.2) is 0 Å². The standard InChI is InChI=1S/C18H17F3N6O/c1-22-15-25-16(23-11-12-5-3-2-4-6-12)27-17(26-15)24-13-7-9-14(10-8-13)28-18(19,20)21/h2-10H,11H2,1H3,(H3,22,23,24,25,26,27). The number of rotatable bonds is 7. The first kappa shape index (κ1) is 19.2. The minimum absolute atomic E-state index is 0.236. The molecule has 0 saturated heterocycles. The Kier molecular flexibility index (Phi) is 5.78. The lowest BCUT2D eigenvalue weighted by Gasteiger charge is -2.11. The molecule has 28 heavy (non-hydrogen) atoms. The Hall–Kier alpha value is -3.56. The molecule has 0 aliphatic carbocycles. The summed E-state index contributed by atoms with van der Waals surface area (Å²) in [6.07, 6.45) is -4.73. The maximum absolute atomic E-state index is 12.2. The predicted molar refractivity (Wildman–Crippen MR) is 99.6 cm³/mol. The zero-order valence-electron chi connectivity index (χ0n) is 14.8. The molecule has 1 aromatic heterocycles. The first-order chi connectivity index (χ1) is 13.4. The van der Waals surface area contributed by atoms with E-state index in [2.05, 4.69) is 35.6 Å². The molecule has 0 radical (unpaired) electrons. The van der Waals surface area contributed by atoms with Crippen molar-refractivity contribution in [1.82, 2.24) is 15.0 Å². The summed E-state index contributed by atoms with van der Waals surface area (Å²) < 4.78 is 40.5. The van der Waals surface area contributed by atoms with E-state index < -0.39 is 6.36 Å². The minimum Gasteiger partial charge on any atom is -0.406 e. The highest BCUT2D eigenvalue weighted by Crippen LogP contribution is 2.25. The third kappa shape index (κ3) is 5.73. The number of alkyl halides is 3. The number of anilines is 4. The number of halogens is 3. The second-order valence-corrected chi connectivity index (χ2v) is 5.59. The molecule has 0 spiro atoms. The number of hydrogen-bond acceptors (Lipinski definition) is 7. The molecule has 7 nitrogen and oxygen atoms in total. The van der Waals surface area contributed by atoms with Crippen molar-refractivity contribution < 1.29 is 17.9 Å². The van der Waals surface area contributed by atoms with Gasteiger partial charge >= 0.3 is 6.36 Å². The van der Waals surface area contributed by atoms with Crippen molar-refractivity contribution in [3.05, 3.63) is 60.2 Å². The molecule has 3 aromatic rings. The highest BCUT2D eigenvalue weighted by molar-refractivity contribution is 5.56. The third-order valence-corrected chi connectivity index (χ3v) is 3.50. The molecular formula is C18H17F3N6O. The summed E-state index contributed by atoms with van der Waals surface area (Å²) in [5.41, 5.74) is 1.56. The third-order valence-electron chi connectivity index (χ3n) is 3.50. The summed E-state index contributed by atoms with van der Waals surface area (Å²) in [6.45, 7) is 0.525. The number of nitrogens with zero attached hydrogens (tertiary/aromatic N) is 3.